The molecule has 1 aromatic rings. The Morgan fingerprint density at radius 3 is 2.93 bits per heavy atom. The molecule has 0 N–H and O–H groups in total. The number of aromatic nitrogens is 1. The zero-order valence-corrected chi connectivity index (χ0v) is 9.17. The number of aryl methyl sites for hydroxylation is 1. The van der Waals surface area contributed by atoms with Gasteiger partial charge in [0.1, 0.15) is 11.6 Å². The van der Waals surface area contributed by atoms with E-state index in [4.69, 9.17) is 4.74 Å². The summed E-state index contributed by atoms with van der Waals surface area (Å²) in [5, 5.41) is 0. The average Bonchev–Trinajstić information content (AvgIpc) is 2.23. The van der Waals surface area contributed by atoms with Gasteiger partial charge in [-0.15, -0.1) is 0 Å². The summed E-state index contributed by atoms with van der Waals surface area (Å²) in [7, 11) is 1.56. The van der Waals surface area contributed by atoms with Gasteiger partial charge < -0.3 is 4.74 Å². The smallest absolute Gasteiger partial charge is 0.135 e. The van der Waals surface area contributed by atoms with Gasteiger partial charge in [0, 0.05) is 17.7 Å². The third-order valence-electron chi connectivity index (χ3n) is 2.80. The summed E-state index contributed by atoms with van der Waals surface area (Å²) >= 11 is 0. The van der Waals surface area contributed by atoms with E-state index in [0.717, 1.165) is 11.3 Å². The molecule has 0 aromatic carbocycles. The number of pyridine rings is 1. The van der Waals surface area contributed by atoms with Gasteiger partial charge in [-0.2, -0.15) is 0 Å². The molecule has 80 valence electrons. The summed E-state index contributed by atoms with van der Waals surface area (Å²) < 4.78 is 19.0. The highest BCUT2D eigenvalue weighted by Crippen LogP contribution is 2.40. The van der Waals surface area contributed by atoms with Crippen molar-refractivity contribution in [1.82, 2.24) is 4.98 Å². The first-order valence-corrected chi connectivity index (χ1v) is 5.04. The van der Waals surface area contributed by atoms with E-state index in [2.05, 4.69) is 4.98 Å². The largest absolute Gasteiger partial charge is 0.496 e. The van der Waals surface area contributed by atoms with Crippen molar-refractivity contribution in [1.29, 1.82) is 0 Å². The summed E-state index contributed by atoms with van der Waals surface area (Å²) in [6.07, 6.45) is 4.06. The van der Waals surface area contributed by atoms with Crippen LogP contribution in [0.3, 0.4) is 0 Å². The first-order valence-electron chi connectivity index (χ1n) is 5.04. The first-order chi connectivity index (χ1) is 7.15. The Labute approximate surface area is 88.8 Å². The minimum Gasteiger partial charge on any atom is -0.496 e. The highest BCUT2D eigenvalue weighted by Gasteiger charge is 2.24. The molecule has 2 nitrogen and oxygen atoms in total. The van der Waals surface area contributed by atoms with Gasteiger partial charge in [-0.3, -0.25) is 4.98 Å². The van der Waals surface area contributed by atoms with Crippen molar-refractivity contribution < 1.29 is 9.13 Å². The van der Waals surface area contributed by atoms with E-state index >= 15 is 0 Å². The lowest BCUT2D eigenvalue weighted by Gasteiger charge is -2.21. The van der Waals surface area contributed by atoms with Crippen LogP contribution < -0.4 is 4.74 Å². The highest BCUT2D eigenvalue weighted by molar-refractivity contribution is 5.70. The number of rotatable bonds is 1. The minimum atomic E-state index is -0.212. The number of fused-ring (bicyclic) bond motifs is 1. The highest BCUT2D eigenvalue weighted by atomic mass is 19.1. The Hall–Kier alpha value is -1.38. The maximum atomic E-state index is 13.7. The molecule has 0 amide bonds. The van der Waals surface area contributed by atoms with E-state index in [9.17, 15) is 4.39 Å². The monoisotopic (exact) mass is 207 g/mol. The number of allylic oxidation sites excluding steroid dienone is 1. The van der Waals surface area contributed by atoms with Gasteiger partial charge in [-0.25, -0.2) is 4.39 Å². The lowest BCUT2D eigenvalue weighted by Crippen LogP contribution is -2.08. The molecule has 0 saturated carbocycles. The van der Waals surface area contributed by atoms with Crippen molar-refractivity contribution >= 4 is 5.83 Å². The zero-order chi connectivity index (χ0) is 11.0. The van der Waals surface area contributed by atoms with Crippen LogP contribution in [0.1, 0.15) is 36.1 Å². The first kappa shape index (κ1) is 10.1. The van der Waals surface area contributed by atoms with Crippen LogP contribution in [0.5, 0.6) is 5.75 Å². The fraction of sp³-hybridized carbons (Fsp3) is 0.417. The number of nitrogens with zero attached hydrogens (tertiary/aromatic N) is 1. The van der Waals surface area contributed by atoms with Gasteiger partial charge in [-0.05, 0) is 19.4 Å². The predicted octanol–water partition coefficient (Wildman–Crippen LogP) is 3.22. The molecule has 1 unspecified atom stereocenters. The molecule has 1 heterocycles. The van der Waals surface area contributed by atoms with Crippen molar-refractivity contribution in [3.8, 4) is 5.75 Å². The molecule has 3 heteroatoms. The minimum absolute atomic E-state index is 0.212. The summed E-state index contributed by atoms with van der Waals surface area (Å²) in [4.78, 5) is 4.30. The van der Waals surface area contributed by atoms with Gasteiger partial charge in [0.05, 0.1) is 18.4 Å². The van der Waals surface area contributed by atoms with Crippen molar-refractivity contribution in [2.24, 2.45) is 0 Å². The fourth-order valence-electron chi connectivity index (χ4n) is 1.96. The molecule has 0 saturated heterocycles. The van der Waals surface area contributed by atoms with Crippen LogP contribution in [0.25, 0.3) is 5.83 Å². The molecule has 1 atom stereocenters. The Morgan fingerprint density at radius 1 is 1.53 bits per heavy atom. The van der Waals surface area contributed by atoms with E-state index in [1.807, 2.05) is 13.8 Å². The second kappa shape index (κ2) is 3.65. The molecule has 1 aromatic heterocycles. The van der Waals surface area contributed by atoms with E-state index in [1.54, 1.807) is 19.4 Å². The molecule has 0 bridgehead atoms. The van der Waals surface area contributed by atoms with E-state index in [0.29, 0.717) is 17.7 Å². The molecule has 0 aliphatic heterocycles. The second-order valence-corrected chi connectivity index (χ2v) is 3.92. The number of halogens is 1. The van der Waals surface area contributed by atoms with Crippen molar-refractivity contribution in [2.45, 2.75) is 26.2 Å². The third-order valence-corrected chi connectivity index (χ3v) is 2.80. The third kappa shape index (κ3) is 1.52. The van der Waals surface area contributed by atoms with Crippen LogP contribution in [0, 0.1) is 6.92 Å². The molecule has 1 aliphatic carbocycles. The Kier molecular flexibility index (Phi) is 2.47. The van der Waals surface area contributed by atoms with Crippen LogP contribution in [0.2, 0.25) is 0 Å². The SMILES string of the molecule is COc1c(C)cnc2c1C(F)=CCC2C. The maximum absolute atomic E-state index is 13.7. The maximum Gasteiger partial charge on any atom is 0.135 e. The van der Waals surface area contributed by atoms with Gasteiger partial charge in [-0.1, -0.05) is 6.92 Å². The van der Waals surface area contributed by atoms with Crippen molar-refractivity contribution in [3.63, 3.8) is 0 Å². The van der Waals surface area contributed by atoms with Crippen LogP contribution in [0.15, 0.2) is 12.3 Å². The van der Waals surface area contributed by atoms with E-state index in [-0.39, 0.29) is 11.7 Å². The number of hydrogen-bond acceptors (Lipinski definition) is 2. The second-order valence-electron chi connectivity index (χ2n) is 3.92. The van der Waals surface area contributed by atoms with Gasteiger partial charge in [0.25, 0.3) is 0 Å². The normalized spacial score (nSPS) is 19.5. The molecule has 0 radical (unpaired) electrons. The molecule has 2 rings (SSSR count). The Balaban J connectivity index is 2.69. The molecular formula is C12H14FNO. The zero-order valence-electron chi connectivity index (χ0n) is 9.17. The molecular weight excluding hydrogens is 193 g/mol. The molecule has 0 spiro atoms. The van der Waals surface area contributed by atoms with E-state index < -0.39 is 0 Å². The standard InChI is InChI=1S/C12H14FNO/c1-7-4-5-9(13)10-11(7)14-6-8(2)12(10)15-3/h5-7H,4H2,1-3H3. The summed E-state index contributed by atoms with van der Waals surface area (Å²) in [6.45, 7) is 3.92. The lowest BCUT2D eigenvalue weighted by atomic mass is 9.91. The van der Waals surface area contributed by atoms with Gasteiger partial charge in [0.15, 0.2) is 0 Å². The Morgan fingerprint density at radius 2 is 2.27 bits per heavy atom. The van der Waals surface area contributed by atoms with Crippen LogP contribution in [-0.2, 0) is 0 Å². The van der Waals surface area contributed by atoms with Crippen LogP contribution in [-0.4, -0.2) is 12.1 Å². The Bertz CT molecular complexity index is 426. The van der Waals surface area contributed by atoms with Crippen LogP contribution >= 0.6 is 0 Å². The average molecular weight is 207 g/mol. The summed E-state index contributed by atoms with van der Waals surface area (Å²) in [6, 6.07) is 0. The topological polar surface area (TPSA) is 22.1 Å². The molecule has 15 heavy (non-hydrogen) atoms. The van der Waals surface area contributed by atoms with Crippen LogP contribution in [0.4, 0.5) is 4.39 Å². The van der Waals surface area contributed by atoms with E-state index in [1.165, 1.54) is 0 Å². The lowest BCUT2D eigenvalue weighted by molar-refractivity contribution is 0.406. The van der Waals surface area contributed by atoms with Gasteiger partial charge in [0.2, 0.25) is 0 Å². The molecule has 1 aliphatic rings. The summed E-state index contributed by atoms with van der Waals surface area (Å²) in [5.74, 6) is 0.658. The summed E-state index contributed by atoms with van der Waals surface area (Å²) in [5.41, 5.74) is 2.21. The van der Waals surface area contributed by atoms with Gasteiger partial charge >= 0.3 is 0 Å². The number of hydrogen-bond donors (Lipinski definition) is 0. The van der Waals surface area contributed by atoms with Crippen molar-refractivity contribution in [2.75, 3.05) is 7.11 Å². The number of ether oxygens (including phenoxy) is 1. The fourth-order valence-corrected chi connectivity index (χ4v) is 1.96. The quantitative estimate of drug-likeness (QED) is 0.705. The molecule has 0 fully saturated rings. The number of methoxy groups -OCH3 is 1. The van der Waals surface area contributed by atoms with Crippen molar-refractivity contribution in [3.05, 3.63) is 29.1 Å². The predicted molar refractivity (Wildman–Crippen MR) is 57.6 cm³/mol.